The molecule has 0 atom stereocenters. The molecule has 2 saturated heterocycles. The number of nitrogens with one attached hydrogen (secondary N) is 1. The van der Waals surface area contributed by atoms with E-state index in [9.17, 15) is 4.79 Å². The van der Waals surface area contributed by atoms with E-state index >= 15 is 0 Å². The van der Waals surface area contributed by atoms with Crippen LogP contribution < -0.4 is 5.32 Å². The van der Waals surface area contributed by atoms with Crippen LogP contribution in [0.2, 0.25) is 0 Å². The van der Waals surface area contributed by atoms with Crippen LogP contribution in [0.1, 0.15) is 6.42 Å². The number of allylic oxidation sites excluding steroid dienone is 2. The molecule has 0 aliphatic carbocycles. The topological polar surface area (TPSA) is 63.2 Å². The van der Waals surface area contributed by atoms with Crippen LogP contribution in [0.25, 0.3) is 0 Å². The van der Waals surface area contributed by atoms with Crippen molar-refractivity contribution < 1.29 is 14.3 Å². The molecule has 1 amide bonds. The van der Waals surface area contributed by atoms with Crippen molar-refractivity contribution in [2.75, 3.05) is 52.4 Å². The second kappa shape index (κ2) is 14.0. The third-order valence-corrected chi connectivity index (χ3v) is 5.48. The average Bonchev–Trinajstić information content (AvgIpc) is 3.31. The highest BCUT2D eigenvalue weighted by atomic mass is 33.1. The highest BCUT2D eigenvalue weighted by Gasteiger charge is 2.19. The number of amides is 1. The Hall–Kier alpha value is -1.22. The minimum absolute atomic E-state index is 0.306. The number of aliphatic imine (C=N–C) groups is 1. The molecule has 0 unspecified atom stereocenters. The van der Waals surface area contributed by atoms with Crippen LogP contribution in [0.15, 0.2) is 42.0 Å². The van der Waals surface area contributed by atoms with Crippen LogP contribution in [0.5, 0.6) is 0 Å². The molecule has 2 rings (SSSR count). The number of hydrogen-bond donors (Lipinski definition) is 1. The Morgan fingerprint density at radius 2 is 2.40 bits per heavy atom. The fraction of sp³-hybridized carbons (Fsp3) is 0.529. The number of hydrogen-bond acceptors (Lipinski definition) is 7. The molecule has 0 radical (unpaired) electrons. The van der Waals surface area contributed by atoms with Crippen molar-refractivity contribution in [3.63, 3.8) is 0 Å². The average molecular weight is 386 g/mol. The first-order chi connectivity index (χ1) is 12.2. The minimum Gasteiger partial charge on any atom is -0.448 e. The molecular formula is C17H27N3O3S2. The molecule has 25 heavy (non-hydrogen) atoms. The summed E-state index contributed by atoms with van der Waals surface area (Å²) in [6.07, 6.45) is 6.30. The van der Waals surface area contributed by atoms with Crippen molar-refractivity contribution in [3.05, 3.63) is 37.0 Å². The zero-order chi connectivity index (χ0) is 18.3. The summed E-state index contributed by atoms with van der Waals surface area (Å²) in [5.74, 6) is 0.714. The van der Waals surface area contributed by atoms with Crippen molar-refractivity contribution in [2.24, 2.45) is 4.99 Å². The van der Waals surface area contributed by atoms with E-state index < -0.39 is 0 Å². The van der Waals surface area contributed by atoms with Gasteiger partial charge in [-0.1, -0.05) is 41.7 Å². The summed E-state index contributed by atoms with van der Waals surface area (Å²) in [5.41, 5.74) is 1.34. The molecule has 0 bridgehead atoms. The van der Waals surface area contributed by atoms with Crippen LogP contribution in [0, 0.1) is 0 Å². The largest absolute Gasteiger partial charge is 0.448 e. The summed E-state index contributed by atoms with van der Waals surface area (Å²) in [6, 6.07) is 0. The molecule has 2 aliphatic rings. The molecule has 2 heterocycles. The predicted octanol–water partition coefficient (Wildman–Crippen LogP) is 3.10. The van der Waals surface area contributed by atoms with Crippen LogP contribution in [0.3, 0.4) is 0 Å². The van der Waals surface area contributed by atoms with Gasteiger partial charge in [0.2, 0.25) is 0 Å². The zero-order valence-electron chi connectivity index (χ0n) is 14.7. The molecule has 0 aromatic rings. The molecule has 6 nitrogen and oxygen atoms in total. The summed E-state index contributed by atoms with van der Waals surface area (Å²) in [4.78, 5) is 17.2. The monoisotopic (exact) mass is 385 g/mol. The van der Waals surface area contributed by atoms with E-state index in [-0.39, 0.29) is 6.09 Å². The van der Waals surface area contributed by atoms with Crippen LogP contribution in [-0.4, -0.2) is 68.4 Å². The standard InChI is InChI=1S/C12H18N2O3S2.C5H9N/c1-3-4-5-11(13-2)19-18-9-8-17-12(15)14-6-7-16-10-14;1-5-2-3-6-4-5/h3-5H,1,6-10H2,2H3;6H,1-4H2/b5-4-,13-11?;. The Bertz CT molecular complexity index is 482. The number of ether oxygens (including phenoxy) is 2. The summed E-state index contributed by atoms with van der Waals surface area (Å²) in [5, 5.41) is 4.08. The van der Waals surface area contributed by atoms with Gasteiger partial charge in [0, 0.05) is 25.9 Å². The molecule has 0 saturated carbocycles. The molecule has 0 aromatic carbocycles. The summed E-state index contributed by atoms with van der Waals surface area (Å²) < 4.78 is 10.2. The molecule has 0 spiro atoms. The zero-order valence-corrected chi connectivity index (χ0v) is 16.4. The van der Waals surface area contributed by atoms with E-state index in [2.05, 4.69) is 23.5 Å². The number of rotatable bonds is 6. The normalized spacial score (nSPS) is 17.6. The van der Waals surface area contributed by atoms with E-state index in [1.807, 2.05) is 12.2 Å². The number of nitrogens with zero attached hydrogens (tertiary/aromatic N) is 2. The molecule has 0 aromatic heterocycles. The SMILES string of the molecule is C=C/C=C\C(=NC)SSCCOC(=O)N1CCOC1.C=C1CCNC1. The maximum Gasteiger partial charge on any atom is 0.411 e. The third-order valence-electron chi connectivity index (χ3n) is 3.17. The lowest BCUT2D eigenvalue weighted by molar-refractivity contribution is 0.0908. The van der Waals surface area contributed by atoms with E-state index in [1.165, 1.54) is 12.0 Å². The van der Waals surface area contributed by atoms with Crippen molar-refractivity contribution >= 4 is 32.7 Å². The lowest BCUT2D eigenvalue weighted by atomic mass is 10.3. The molecule has 140 valence electrons. The van der Waals surface area contributed by atoms with Crippen LogP contribution >= 0.6 is 21.6 Å². The van der Waals surface area contributed by atoms with Gasteiger partial charge in [-0.25, -0.2) is 4.79 Å². The van der Waals surface area contributed by atoms with Gasteiger partial charge in [-0.05, 0) is 29.8 Å². The number of carbonyl (C=O) groups is 1. The van der Waals surface area contributed by atoms with Gasteiger partial charge in [0.05, 0.1) is 6.61 Å². The summed E-state index contributed by atoms with van der Waals surface area (Å²) >= 11 is 0. The van der Waals surface area contributed by atoms with E-state index in [1.54, 1.807) is 39.6 Å². The van der Waals surface area contributed by atoms with Gasteiger partial charge in [0.1, 0.15) is 18.4 Å². The van der Waals surface area contributed by atoms with Gasteiger partial charge in [-0.15, -0.1) is 0 Å². The predicted molar refractivity (Wildman–Crippen MR) is 108 cm³/mol. The van der Waals surface area contributed by atoms with Crippen LogP contribution in [-0.2, 0) is 9.47 Å². The van der Waals surface area contributed by atoms with Gasteiger partial charge in [0.25, 0.3) is 0 Å². The minimum atomic E-state index is -0.306. The van der Waals surface area contributed by atoms with E-state index in [0.29, 0.717) is 32.2 Å². The first-order valence-corrected chi connectivity index (χ1v) is 10.4. The molecule has 2 aliphatic heterocycles. The lowest BCUT2D eigenvalue weighted by Gasteiger charge is -2.13. The van der Waals surface area contributed by atoms with Gasteiger partial charge >= 0.3 is 6.09 Å². The quantitative estimate of drug-likeness (QED) is 0.189. The fourth-order valence-corrected chi connectivity index (χ4v) is 3.59. The molecular weight excluding hydrogens is 358 g/mol. The smallest absolute Gasteiger partial charge is 0.411 e. The highest BCUT2D eigenvalue weighted by Crippen LogP contribution is 2.23. The highest BCUT2D eigenvalue weighted by molar-refractivity contribution is 8.82. The first kappa shape index (κ1) is 21.8. The van der Waals surface area contributed by atoms with Crippen molar-refractivity contribution in [1.29, 1.82) is 0 Å². The van der Waals surface area contributed by atoms with Gasteiger partial charge in [-0.2, -0.15) is 0 Å². The molecule has 8 heteroatoms. The Labute approximate surface area is 158 Å². The van der Waals surface area contributed by atoms with Gasteiger partial charge in [-0.3, -0.25) is 9.89 Å². The first-order valence-electron chi connectivity index (χ1n) is 8.09. The second-order valence-electron chi connectivity index (χ2n) is 5.15. The molecule has 1 N–H and O–H groups in total. The van der Waals surface area contributed by atoms with E-state index in [0.717, 1.165) is 18.1 Å². The lowest BCUT2D eigenvalue weighted by Crippen LogP contribution is -2.29. The number of carbonyl (C=O) groups excluding carboxylic acids is 1. The Kier molecular flexibility index (Phi) is 12.2. The second-order valence-corrected chi connectivity index (χ2v) is 7.59. The summed E-state index contributed by atoms with van der Waals surface area (Å²) in [6.45, 7) is 11.5. The van der Waals surface area contributed by atoms with Crippen molar-refractivity contribution in [2.45, 2.75) is 6.42 Å². The third kappa shape index (κ3) is 10.4. The maximum atomic E-state index is 11.5. The van der Waals surface area contributed by atoms with Crippen molar-refractivity contribution in [3.8, 4) is 0 Å². The van der Waals surface area contributed by atoms with Gasteiger partial charge in [0.15, 0.2) is 0 Å². The summed E-state index contributed by atoms with van der Waals surface area (Å²) in [7, 11) is 4.88. The Morgan fingerprint density at radius 1 is 1.56 bits per heavy atom. The Morgan fingerprint density at radius 3 is 2.92 bits per heavy atom. The Balaban J connectivity index is 0.000000435. The molecule has 2 fully saturated rings. The van der Waals surface area contributed by atoms with Gasteiger partial charge < -0.3 is 14.8 Å². The fourth-order valence-electron chi connectivity index (χ4n) is 1.82. The van der Waals surface area contributed by atoms with Crippen LogP contribution in [0.4, 0.5) is 4.79 Å². The van der Waals surface area contributed by atoms with Crippen molar-refractivity contribution in [1.82, 2.24) is 10.2 Å². The maximum absolute atomic E-state index is 11.5. The van der Waals surface area contributed by atoms with E-state index in [4.69, 9.17) is 9.47 Å².